The highest BCUT2D eigenvalue weighted by Gasteiger charge is 2.16. The van der Waals surface area contributed by atoms with E-state index in [-0.39, 0.29) is 0 Å². The van der Waals surface area contributed by atoms with Gasteiger partial charge in [0.05, 0.1) is 9.40 Å². The van der Waals surface area contributed by atoms with E-state index >= 15 is 0 Å². The summed E-state index contributed by atoms with van der Waals surface area (Å²) in [6, 6.07) is 18.4. The van der Waals surface area contributed by atoms with Crippen LogP contribution in [0.4, 0.5) is 0 Å². The van der Waals surface area contributed by atoms with Crippen molar-refractivity contribution < 1.29 is 0 Å². The van der Waals surface area contributed by atoms with Gasteiger partial charge in [-0.2, -0.15) is 45.3 Å². The van der Waals surface area contributed by atoms with Crippen LogP contribution in [0.15, 0.2) is 91.6 Å². The molecule has 4 aromatic carbocycles. The molecule has 0 saturated heterocycles. The first-order valence-electron chi connectivity index (χ1n) is 14.0. The van der Waals surface area contributed by atoms with Crippen molar-refractivity contribution in [2.24, 2.45) is 0 Å². The molecule has 0 atom stereocenters. The van der Waals surface area contributed by atoms with E-state index in [0.29, 0.717) is 0 Å². The topological polar surface area (TPSA) is 0 Å². The molecule has 0 nitrogen and oxygen atoms in total. The second-order valence-electron chi connectivity index (χ2n) is 11.0. The number of fused-ring (bicyclic) bond motifs is 18. The van der Waals surface area contributed by atoms with Gasteiger partial charge in [-0.15, -0.1) is 45.3 Å². The van der Waals surface area contributed by atoms with Crippen molar-refractivity contribution >= 4 is 193 Å². The van der Waals surface area contributed by atoms with Gasteiger partial charge < -0.3 is 0 Å². The van der Waals surface area contributed by atoms with Crippen molar-refractivity contribution in [2.75, 3.05) is 0 Å². The van der Waals surface area contributed by atoms with Gasteiger partial charge in [0.15, 0.2) is 0 Å². The van der Waals surface area contributed by atoms with Crippen LogP contribution in [0.25, 0.3) is 102 Å². The second kappa shape index (κ2) is 9.31. The zero-order valence-corrected chi connectivity index (χ0v) is 29.0. The first-order valence-corrected chi connectivity index (χ1v) is 21.0. The lowest BCUT2D eigenvalue weighted by atomic mass is 10.0. The maximum Gasteiger partial charge on any atom is 0.0542 e. The van der Waals surface area contributed by atoms with Crippen LogP contribution in [0.2, 0.25) is 0 Å². The number of thiophene rings is 8. The number of rotatable bonds is 0. The third-order valence-corrected chi connectivity index (χ3v) is 17.1. The predicted octanol–water partition coefficient (Wildman–Crippen LogP) is 15.4. The van der Waals surface area contributed by atoms with Crippen LogP contribution in [0.3, 0.4) is 0 Å². The average Bonchev–Trinajstić information content (AvgIpc) is 3.86. The number of hydrogen-bond acceptors (Lipinski definition) is 8. The Morgan fingerprint density at radius 1 is 0.250 bits per heavy atom. The lowest BCUT2D eigenvalue weighted by molar-refractivity contribution is 1.96. The summed E-state index contributed by atoms with van der Waals surface area (Å²) in [6.45, 7) is 0. The quantitative estimate of drug-likeness (QED) is 0.147. The van der Waals surface area contributed by atoms with Crippen LogP contribution in [-0.4, -0.2) is 0 Å². The molecule has 44 heavy (non-hydrogen) atoms. The van der Waals surface area contributed by atoms with Gasteiger partial charge in [-0.25, -0.2) is 0 Å². The summed E-state index contributed by atoms with van der Waals surface area (Å²) < 4.78 is 11.5. The summed E-state index contributed by atoms with van der Waals surface area (Å²) in [5.41, 5.74) is 0. The predicted molar refractivity (Wildman–Crippen MR) is 211 cm³/mol. The molecule has 0 unspecified atom stereocenters. The zero-order valence-electron chi connectivity index (χ0n) is 22.5. The molecule has 12 aromatic rings. The highest BCUT2D eigenvalue weighted by atomic mass is 32.1. The largest absolute Gasteiger partial charge is 0.151 e. The Morgan fingerprint density at radius 3 is 1.09 bits per heavy atom. The molecule has 8 heterocycles. The van der Waals surface area contributed by atoms with Crippen LogP contribution >= 0.6 is 90.7 Å². The maximum atomic E-state index is 2.32. The number of hydrogen-bond donors (Lipinski definition) is 0. The molecule has 0 radical (unpaired) electrons. The van der Waals surface area contributed by atoms with Crippen molar-refractivity contribution in [1.29, 1.82) is 0 Å². The van der Waals surface area contributed by atoms with Crippen LogP contribution in [0.5, 0.6) is 0 Å². The van der Waals surface area contributed by atoms with E-state index < -0.39 is 0 Å². The SMILES string of the molecule is c1cc2c(sc3c4ccc5cscc5c4sc23)c2cscc12.c1scc2c1sc1c2ccc2c1ccc1c3cscc3sc12. The summed E-state index contributed by atoms with van der Waals surface area (Å²) in [7, 11) is 0. The Balaban J connectivity index is 0.000000110. The van der Waals surface area contributed by atoms with E-state index in [1.54, 1.807) is 45.3 Å². The summed E-state index contributed by atoms with van der Waals surface area (Å²) in [5, 5.41) is 35.1. The minimum absolute atomic E-state index is 1.37. The van der Waals surface area contributed by atoms with Gasteiger partial charge in [-0.1, -0.05) is 48.5 Å². The average molecular weight is 705 g/mol. The van der Waals surface area contributed by atoms with E-state index in [9.17, 15) is 0 Å². The lowest BCUT2D eigenvalue weighted by Gasteiger charge is -2.01. The zero-order chi connectivity index (χ0) is 28.5. The molecule has 0 bridgehead atoms. The van der Waals surface area contributed by atoms with E-state index in [2.05, 4.69) is 91.6 Å². The molecular weight excluding hydrogens is 689 g/mol. The van der Waals surface area contributed by atoms with Gasteiger partial charge in [0.1, 0.15) is 0 Å². The van der Waals surface area contributed by atoms with Gasteiger partial charge in [-0.3, -0.25) is 0 Å². The minimum atomic E-state index is 1.37. The summed E-state index contributed by atoms with van der Waals surface area (Å²) in [5.74, 6) is 0. The Morgan fingerprint density at radius 2 is 0.614 bits per heavy atom. The molecule has 0 N–H and O–H groups in total. The first-order chi connectivity index (χ1) is 21.8. The van der Waals surface area contributed by atoms with Crippen molar-refractivity contribution in [3.8, 4) is 0 Å². The van der Waals surface area contributed by atoms with Crippen LogP contribution < -0.4 is 0 Å². The standard InChI is InChI=1S/2C18H8S4/c1-3-11-13-5-19-7-15(13)22-18(11)10-2-4-12-14-6-20-8-16(14)21-17(12)9(1)10;1-3-11-15(13-7-19-5-9(1)13)21-18-12-4-2-10-6-20-8-14(10)16(12)22-17(11)18/h2*1-8H. The molecule has 0 aliphatic heterocycles. The molecule has 8 heteroatoms. The summed E-state index contributed by atoms with van der Waals surface area (Å²) in [6.07, 6.45) is 0. The molecule has 208 valence electrons. The highest BCUT2D eigenvalue weighted by molar-refractivity contribution is 7.37. The third kappa shape index (κ3) is 3.40. The van der Waals surface area contributed by atoms with E-state index in [1.165, 1.54) is 102 Å². The van der Waals surface area contributed by atoms with Crippen LogP contribution in [0.1, 0.15) is 0 Å². The number of benzene rings is 4. The Hall–Kier alpha value is -2.92. The fourth-order valence-electron chi connectivity index (χ4n) is 6.59. The molecule has 0 saturated carbocycles. The first kappa shape index (κ1) is 25.3. The Labute approximate surface area is 281 Å². The second-order valence-corrected chi connectivity index (χ2v) is 18.1. The van der Waals surface area contributed by atoms with Gasteiger partial charge in [0.2, 0.25) is 0 Å². The normalized spacial score (nSPS) is 12.5. The molecule has 8 aromatic heterocycles. The van der Waals surface area contributed by atoms with Gasteiger partial charge in [0, 0.05) is 104 Å². The van der Waals surface area contributed by atoms with Crippen molar-refractivity contribution in [2.45, 2.75) is 0 Å². The van der Waals surface area contributed by atoms with Crippen molar-refractivity contribution in [1.82, 2.24) is 0 Å². The fraction of sp³-hybridized carbons (Fsp3) is 0. The van der Waals surface area contributed by atoms with Crippen LogP contribution in [-0.2, 0) is 0 Å². The molecule has 0 fully saturated rings. The van der Waals surface area contributed by atoms with Crippen molar-refractivity contribution in [3.63, 3.8) is 0 Å². The Kier molecular flexibility index (Phi) is 5.35. The molecule has 0 aliphatic rings. The maximum absolute atomic E-state index is 2.32. The fourth-order valence-corrected chi connectivity index (χ4v) is 15.7. The van der Waals surface area contributed by atoms with Gasteiger partial charge >= 0.3 is 0 Å². The van der Waals surface area contributed by atoms with E-state index in [1.807, 2.05) is 45.3 Å². The monoisotopic (exact) mass is 704 g/mol. The van der Waals surface area contributed by atoms with Gasteiger partial charge in [0.25, 0.3) is 0 Å². The molecule has 0 spiro atoms. The minimum Gasteiger partial charge on any atom is -0.151 e. The molecule has 0 amide bonds. The lowest BCUT2D eigenvalue weighted by Crippen LogP contribution is -1.74. The third-order valence-electron chi connectivity index (χ3n) is 8.68. The molecule has 0 aliphatic carbocycles. The molecular formula is C36H16S8. The smallest absolute Gasteiger partial charge is 0.0542 e. The Bertz CT molecular complexity index is 2860. The summed E-state index contributed by atoms with van der Waals surface area (Å²) in [4.78, 5) is 0. The van der Waals surface area contributed by atoms with Gasteiger partial charge in [-0.05, 0) is 32.3 Å². The molecule has 12 rings (SSSR count). The van der Waals surface area contributed by atoms with Crippen LogP contribution in [0, 0.1) is 0 Å². The highest BCUT2D eigenvalue weighted by Crippen LogP contribution is 2.49. The summed E-state index contributed by atoms with van der Waals surface area (Å²) >= 11 is 15.0. The van der Waals surface area contributed by atoms with Crippen molar-refractivity contribution in [3.05, 3.63) is 91.6 Å². The van der Waals surface area contributed by atoms with E-state index in [4.69, 9.17) is 0 Å². The van der Waals surface area contributed by atoms with E-state index in [0.717, 1.165) is 0 Å².